The van der Waals surface area contributed by atoms with E-state index in [4.69, 9.17) is 9.84 Å². The third-order valence-corrected chi connectivity index (χ3v) is 4.13. The fourth-order valence-corrected chi connectivity index (χ4v) is 2.95. The molecule has 1 aromatic heterocycles. The number of nitrogens with zero attached hydrogens (tertiary/aromatic N) is 2. The second kappa shape index (κ2) is 7.47. The van der Waals surface area contributed by atoms with Gasteiger partial charge in [0.15, 0.2) is 5.16 Å². The molecule has 0 unspecified atom stereocenters. The van der Waals surface area contributed by atoms with E-state index in [1.54, 1.807) is 7.11 Å². The van der Waals surface area contributed by atoms with E-state index in [-0.39, 0.29) is 5.75 Å². The third-order valence-electron chi connectivity index (χ3n) is 3.17. The van der Waals surface area contributed by atoms with Gasteiger partial charge in [-0.3, -0.25) is 4.79 Å². The first-order chi connectivity index (χ1) is 10.1. The minimum absolute atomic E-state index is 0.0281. The Bertz CT molecular complexity index is 625. The van der Waals surface area contributed by atoms with E-state index in [0.29, 0.717) is 0 Å². The molecule has 2 aromatic rings. The molecule has 0 saturated heterocycles. The molecule has 0 saturated carbocycles. The fourth-order valence-electron chi connectivity index (χ4n) is 2.19. The number of aliphatic carboxylic acids is 1. The van der Waals surface area contributed by atoms with E-state index in [2.05, 4.69) is 21.7 Å². The van der Waals surface area contributed by atoms with Crippen molar-refractivity contribution >= 4 is 28.8 Å². The van der Waals surface area contributed by atoms with Gasteiger partial charge in [-0.05, 0) is 37.5 Å². The monoisotopic (exact) mass is 308 g/mol. The van der Waals surface area contributed by atoms with E-state index in [0.717, 1.165) is 47.7 Å². The average Bonchev–Trinajstić information content (AvgIpc) is 2.78. The molecule has 0 aliphatic carbocycles. The first kappa shape index (κ1) is 15.9. The summed E-state index contributed by atoms with van der Waals surface area (Å²) in [6, 6.07) is 6.14. The Kier molecular flexibility index (Phi) is 5.64. The maximum absolute atomic E-state index is 10.8. The van der Waals surface area contributed by atoms with Crippen LogP contribution in [-0.2, 0) is 16.1 Å². The number of hydrogen-bond donors (Lipinski definition) is 1. The zero-order chi connectivity index (χ0) is 15.2. The molecule has 6 heteroatoms. The van der Waals surface area contributed by atoms with Gasteiger partial charge in [0, 0.05) is 20.3 Å². The van der Waals surface area contributed by atoms with Crippen molar-refractivity contribution < 1.29 is 14.6 Å². The van der Waals surface area contributed by atoms with Gasteiger partial charge in [0.2, 0.25) is 0 Å². The molecule has 0 amide bonds. The number of imidazole rings is 1. The molecule has 0 spiro atoms. The van der Waals surface area contributed by atoms with Crippen molar-refractivity contribution in [2.75, 3.05) is 19.5 Å². The van der Waals surface area contributed by atoms with Crippen LogP contribution in [0.4, 0.5) is 0 Å². The molecule has 5 nitrogen and oxygen atoms in total. The molecule has 0 aliphatic heterocycles. The van der Waals surface area contributed by atoms with Crippen LogP contribution in [0.25, 0.3) is 11.0 Å². The molecule has 0 aliphatic rings. The number of aromatic nitrogens is 2. The van der Waals surface area contributed by atoms with Gasteiger partial charge < -0.3 is 14.4 Å². The van der Waals surface area contributed by atoms with Gasteiger partial charge in [-0.2, -0.15) is 0 Å². The van der Waals surface area contributed by atoms with Gasteiger partial charge in [0.1, 0.15) is 0 Å². The van der Waals surface area contributed by atoms with Crippen molar-refractivity contribution in [3.63, 3.8) is 0 Å². The summed E-state index contributed by atoms with van der Waals surface area (Å²) in [5.74, 6) is -0.797. The number of carboxylic acid groups (broad SMARTS) is 1. The first-order valence-electron chi connectivity index (χ1n) is 6.92. The van der Waals surface area contributed by atoms with E-state index in [1.807, 2.05) is 13.0 Å². The fraction of sp³-hybridized carbons (Fsp3) is 0.467. The largest absolute Gasteiger partial charge is 0.481 e. The number of carboxylic acids is 1. The number of rotatable bonds is 8. The average molecular weight is 308 g/mol. The number of fused-ring (bicyclic) bond motifs is 1. The van der Waals surface area contributed by atoms with Crippen molar-refractivity contribution in [1.82, 2.24) is 9.55 Å². The highest BCUT2D eigenvalue weighted by Crippen LogP contribution is 2.25. The predicted octanol–water partition coefficient (Wildman–Crippen LogP) is 2.95. The summed E-state index contributed by atoms with van der Waals surface area (Å²) in [5, 5.41) is 9.63. The zero-order valence-corrected chi connectivity index (χ0v) is 13.2. The number of hydrogen-bond acceptors (Lipinski definition) is 4. The molecular weight excluding hydrogens is 288 g/mol. The van der Waals surface area contributed by atoms with E-state index in [9.17, 15) is 4.79 Å². The van der Waals surface area contributed by atoms with Crippen LogP contribution in [-0.4, -0.2) is 40.1 Å². The summed E-state index contributed by atoms with van der Waals surface area (Å²) in [6.45, 7) is 3.59. The predicted molar refractivity (Wildman–Crippen MR) is 83.9 cm³/mol. The normalized spacial score (nSPS) is 11.1. The van der Waals surface area contributed by atoms with Gasteiger partial charge in [0.05, 0.1) is 16.8 Å². The van der Waals surface area contributed by atoms with Crippen LogP contribution in [0.5, 0.6) is 0 Å². The van der Waals surface area contributed by atoms with Gasteiger partial charge in [0.25, 0.3) is 0 Å². The molecule has 0 bridgehead atoms. The SMILES string of the molecule is COCCCCn1c(SCC(=O)O)nc2cc(C)ccc21. The van der Waals surface area contributed by atoms with Crippen LogP contribution in [0.3, 0.4) is 0 Å². The molecule has 114 valence electrons. The first-order valence-corrected chi connectivity index (χ1v) is 7.91. The molecule has 1 N–H and O–H groups in total. The zero-order valence-electron chi connectivity index (χ0n) is 12.3. The number of benzene rings is 1. The molecule has 1 aromatic carbocycles. The number of carbonyl (C=O) groups is 1. The highest BCUT2D eigenvalue weighted by molar-refractivity contribution is 7.99. The summed E-state index contributed by atoms with van der Waals surface area (Å²) in [4.78, 5) is 15.4. The molecule has 1 heterocycles. The number of unbranched alkanes of at least 4 members (excludes halogenated alkanes) is 1. The van der Waals surface area contributed by atoms with Crippen LogP contribution in [0.2, 0.25) is 0 Å². The Labute approximate surface area is 128 Å². The lowest BCUT2D eigenvalue weighted by atomic mass is 10.2. The van der Waals surface area contributed by atoms with Gasteiger partial charge in [-0.15, -0.1) is 0 Å². The van der Waals surface area contributed by atoms with Crippen molar-refractivity contribution in [3.8, 4) is 0 Å². The van der Waals surface area contributed by atoms with E-state index >= 15 is 0 Å². The van der Waals surface area contributed by atoms with Crippen LogP contribution in [0, 0.1) is 6.92 Å². The maximum Gasteiger partial charge on any atom is 0.313 e. The Morgan fingerprint density at radius 1 is 1.43 bits per heavy atom. The van der Waals surface area contributed by atoms with Crippen molar-refractivity contribution in [2.45, 2.75) is 31.5 Å². The second-order valence-electron chi connectivity index (χ2n) is 4.92. The summed E-state index contributed by atoms with van der Waals surface area (Å²) in [7, 11) is 1.70. The number of ether oxygens (including phenoxy) is 1. The Hall–Kier alpha value is -1.53. The topological polar surface area (TPSA) is 64.3 Å². The maximum atomic E-state index is 10.8. The summed E-state index contributed by atoms with van der Waals surface area (Å²) >= 11 is 1.27. The summed E-state index contributed by atoms with van der Waals surface area (Å²) < 4.78 is 7.18. The van der Waals surface area contributed by atoms with E-state index in [1.165, 1.54) is 11.8 Å². The van der Waals surface area contributed by atoms with E-state index < -0.39 is 5.97 Å². The Morgan fingerprint density at radius 3 is 2.95 bits per heavy atom. The quantitative estimate of drug-likeness (QED) is 0.600. The lowest BCUT2D eigenvalue weighted by Crippen LogP contribution is -2.04. The molecule has 2 rings (SSSR count). The second-order valence-corrected chi connectivity index (χ2v) is 5.86. The number of aryl methyl sites for hydroxylation is 2. The van der Waals surface area contributed by atoms with Gasteiger partial charge in [-0.25, -0.2) is 4.98 Å². The van der Waals surface area contributed by atoms with Crippen LogP contribution in [0.15, 0.2) is 23.4 Å². The number of thioether (sulfide) groups is 1. The van der Waals surface area contributed by atoms with Crippen molar-refractivity contribution in [1.29, 1.82) is 0 Å². The Balaban J connectivity index is 2.23. The third kappa shape index (κ3) is 4.22. The van der Waals surface area contributed by atoms with Crippen LogP contribution in [0.1, 0.15) is 18.4 Å². The van der Waals surface area contributed by atoms with Crippen molar-refractivity contribution in [3.05, 3.63) is 23.8 Å². The smallest absolute Gasteiger partial charge is 0.313 e. The van der Waals surface area contributed by atoms with Crippen molar-refractivity contribution in [2.24, 2.45) is 0 Å². The van der Waals surface area contributed by atoms with Gasteiger partial charge >= 0.3 is 5.97 Å². The lowest BCUT2D eigenvalue weighted by molar-refractivity contribution is -0.133. The summed E-state index contributed by atoms with van der Waals surface area (Å²) in [5.41, 5.74) is 3.14. The minimum atomic E-state index is -0.825. The highest BCUT2D eigenvalue weighted by Gasteiger charge is 2.12. The number of methoxy groups -OCH3 is 1. The standard InChI is InChI=1S/C15H20N2O3S/c1-11-5-6-13-12(9-11)16-15(21-10-14(18)19)17(13)7-3-4-8-20-2/h5-6,9H,3-4,7-8,10H2,1-2H3,(H,18,19). The molecule has 0 fully saturated rings. The lowest BCUT2D eigenvalue weighted by Gasteiger charge is -2.08. The van der Waals surface area contributed by atoms with Crippen LogP contribution < -0.4 is 0 Å². The molecule has 0 radical (unpaired) electrons. The molecule has 21 heavy (non-hydrogen) atoms. The Morgan fingerprint density at radius 2 is 2.24 bits per heavy atom. The highest BCUT2D eigenvalue weighted by atomic mass is 32.2. The summed E-state index contributed by atoms with van der Waals surface area (Å²) in [6.07, 6.45) is 1.96. The molecular formula is C15H20N2O3S. The molecule has 0 atom stereocenters. The van der Waals surface area contributed by atoms with Crippen LogP contribution >= 0.6 is 11.8 Å². The minimum Gasteiger partial charge on any atom is -0.481 e. The van der Waals surface area contributed by atoms with Gasteiger partial charge in [-0.1, -0.05) is 17.8 Å².